The molecule has 0 radical (unpaired) electrons. The second-order valence-electron chi connectivity index (χ2n) is 7.48. The van der Waals surface area contributed by atoms with Crippen LogP contribution in [-0.4, -0.2) is 62.1 Å². The lowest BCUT2D eigenvalue weighted by molar-refractivity contribution is -0.121. The molecule has 1 aromatic rings. The fraction of sp³-hybridized carbons (Fsp3) is 0.652. The third-order valence-electron chi connectivity index (χ3n) is 5.68. The monoisotopic (exact) mass is 404 g/mol. The lowest BCUT2D eigenvalue weighted by Gasteiger charge is -2.38. The Morgan fingerprint density at radius 1 is 1.07 bits per heavy atom. The summed E-state index contributed by atoms with van der Waals surface area (Å²) in [5, 5.41) is 3.07. The minimum Gasteiger partial charge on any atom is -0.494 e. The molecule has 1 fully saturated rings. The summed E-state index contributed by atoms with van der Waals surface area (Å²) >= 11 is 0. The van der Waals surface area contributed by atoms with Gasteiger partial charge in [0.2, 0.25) is 5.91 Å². The molecule has 1 saturated heterocycles. The first kappa shape index (κ1) is 23.4. The summed E-state index contributed by atoms with van der Waals surface area (Å²) in [5.74, 6) is 1.21. The molecule has 0 saturated carbocycles. The van der Waals surface area contributed by atoms with Crippen LogP contribution in [0, 0.1) is 5.92 Å². The highest BCUT2D eigenvalue weighted by Gasteiger charge is 2.27. The number of morpholine rings is 1. The lowest BCUT2D eigenvalue weighted by Crippen LogP contribution is -2.52. The first-order valence-electron chi connectivity index (χ1n) is 10.9. The smallest absolute Gasteiger partial charge is 0.220 e. The topological polar surface area (TPSA) is 67.9 Å². The molecule has 1 heterocycles. The number of rotatable bonds is 12. The van der Waals surface area contributed by atoms with Crippen molar-refractivity contribution in [2.24, 2.45) is 5.92 Å². The maximum atomic E-state index is 12.4. The minimum absolute atomic E-state index is 0.0204. The molecule has 0 bridgehead atoms. The zero-order valence-corrected chi connectivity index (χ0v) is 18.1. The number of ether oxygens (including phenoxy) is 2. The van der Waals surface area contributed by atoms with Gasteiger partial charge < -0.3 is 14.8 Å². The van der Waals surface area contributed by atoms with Crippen LogP contribution in [0.1, 0.15) is 56.8 Å². The Hall–Kier alpha value is -1.92. The van der Waals surface area contributed by atoms with E-state index in [2.05, 4.69) is 24.1 Å². The molecule has 1 aliphatic heterocycles. The quantitative estimate of drug-likeness (QED) is 0.542. The van der Waals surface area contributed by atoms with Gasteiger partial charge >= 0.3 is 0 Å². The Bertz CT molecular complexity index is 622. The molecule has 6 heteroatoms. The summed E-state index contributed by atoms with van der Waals surface area (Å²) in [6.07, 6.45) is 2.60. The van der Waals surface area contributed by atoms with Gasteiger partial charge in [-0.2, -0.15) is 0 Å². The van der Waals surface area contributed by atoms with E-state index in [0.29, 0.717) is 30.7 Å². The van der Waals surface area contributed by atoms with Gasteiger partial charge in [0.15, 0.2) is 5.78 Å². The molecule has 0 aliphatic carbocycles. The van der Waals surface area contributed by atoms with Crippen molar-refractivity contribution >= 4 is 11.7 Å². The predicted molar refractivity (Wildman–Crippen MR) is 114 cm³/mol. The Kier molecular flexibility index (Phi) is 10.2. The van der Waals surface area contributed by atoms with Crippen LogP contribution in [0.25, 0.3) is 0 Å². The normalized spacial score (nSPS) is 15.9. The third-order valence-corrected chi connectivity index (χ3v) is 5.68. The van der Waals surface area contributed by atoms with Gasteiger partial charge in [0, 0.05) is 44.1 Å². The number of nitrogens with zero attached hydrogens (tertiary/aromatic N) is 1. The van der Waals surface area contributed by atoms with Gasteiger partial charge in [0.1, 0.15) is 5.75 Å². The van der Waals surface area contributed by atoms with E-state index < -0.39 is 0 Å². The molecule has 0 spiro atoms. The second kappa shape index (κ2) is 12.6. The van der Waals surface area contributed by atoms with Crippen LogP contribution < -0.4 is 10.1 Å². The molecule has 1 amide bonds. The van der Waals surface area contributed by atoms with Gasteiger partial charge in [-0.05, 0) is 37.1 Å². The minimum atomic E-state index is -0.0616. The van der Waals surface area contributed by atoms with Gasteiger partial charge in [0.05, 0.1) is 19.8 Å². The van der Waals surface area contributed by atoms with Crippen molar-refractivity contribution in [3.8, 4) is 5.75 Å². The second-order valence-corrected chi connectivity index (χ2v) is 7.48. The first-order chi connectivity index (χ1) is 14.1. The van der Waals surface area contributed by atoms with Crippen molar-refractivity contribution in [2.75, 3.05) is 39.5 Å². The zero-order chi connectivity index (χ0) is 21.1. The fourth-order valence-corrected chi connectivity index (χ4v) is 3.92. The van der Waals surface area contributed by atoms with Crippen LogP contribution in [0.4, 0.5) is 0 Å². The Morgan fingerprint density at radius 3 is 2.31 bits per heavy atom. The van der Waals surface area contributed by atoms with Crippen LogP contribution in [0.2, 0.25) is 0 Å². The molecule has 2 rings (SSSR count). The molecule has 6 nitrogen and oxygen atoms in total. The SMILES string of the molecule is CCOc1ccc(C(=O)CCC(=O)NCC(C(CC)CC)N2CCOCC2)cc1. The first-order valence-corrected chi connectivity index (χ1v) is 10.9. The molecule has 1 N–H and O–H groups in total. The highest BCUT2D eigenvalue weighted by Crippen LogP contribution is 2.20. The zero-order valence-electron chi connectivity index (χ0n) is 18.1. The van der Waals surface area contributed by atoms with E-state index in [1.165, 1.54) is 0 Å². The molecule has 0 aromatic heterocycles. The van der Waals surface area contributed by atoms with Crippen molar-refractivity contribution in [3.63, 3.8) is 0 Å². The number of hydrogen-bond donors (Lipinski definition) is 1. The summed E-state index contributed by atoms with van der Waals surface area (Å²) in [7, 11) is 0. The summed E-state index contributed by atoms with van der Waals surface area (Å²) in [5.41, 5.74) is 0.615. The summed E-state index contributed by atoms with van der Waals surface area (Å²) < 4.78 is 10.9. The molecule has 1 aromatic carbocycles. The highest BCUT2D eigenvalue weighted by atomic mass is 16.5. The number of carbonyl (C=O) groups excluding carboxylic acids is 2. The highest BCUT2D eigenvalue weighted by molar-refractivity contribution is 5.98. The van der Waals surface area contributed by atoms with Crippen LogP contribution in [0.5, 0.6) is 5.75 Å². The Balaban J connectivity index is 1.82. The van der Waals surface area contributed by atoms with Crippen molar-refractivity contribution < 1.29 is 19.1 Å². The fourth-order valence-electron chi connectivity index (χ4n) is 3.92. The van der Waals surface area contributed by atoms with Crippen molar-refractivity contribution in [1.82, 2.24) is 10.2 Å². The molecular weight excluding hydrogens is 368 g/mol. The molecule has 29 heavy (non-hydrogen) atoms. The van der Waals surface area contributed by atoms with Crippen molar-refractivity contribution in [1.29, 1.82) is 0 Å². The van der Waals surface area contributed by atoms with E-state index in [4.69, 9.17) is 9.47 Å². The number of benzene rings is 1. The van der Waals surface area contributed by atoms with Gasteiger partial charge in [-0.1, -0.05) is 26.7 Å². The molecule has 1 unspecified atom stereocenters. The Labute approximate surface area is 174 Å². The van der Waals surface area contributed by atoms with Gasteiger partial charge in [-0.15, -0.1) is 0 Å². The van der Waals surface area contributed by atoms with E-state index in [9.17, 15) is 9.59 Å². The van der Waals surface area contributed by atoms with E-state index in [0.717, 1.165) is 44.9 Å². The van der Waals surface area contributed by atoms with Crippen LogP contribution in [-0.2, 0) is 9.53 Å². The van der Waals surface area contributed by atoms with Gasteiger partial charge in [-0.3, -0.25) is 14.5 Å². The van der Waals surface area contributed by atoms with E-state index in [1.54, 1.807) is 24.3 Å². The van der Waals surface area contributed by atoms with Crippen LogP contribution in [0.15, 0.2) is 24.3 Å². The maximum absolute atomic E-state index is 12.4. The lowest BCUT2D eigenvalue weighted by atomic mass is 9.92. The van der Waals surface area contributed by atoms with Crippen LogP contribution in [0.3, 0.4) is 0 Å². The van der Waals surface area contributed by atoms with E-state index in [-0.39, 0.29) is 24.5 Å². The number of amides is 1. The molecule has 162 valence electrons. The van der Waals surface area contributed by atoms with E-state index in [1.807, 2.05) is 6.92 Å². The maximum Gasteiger partial charge on any atom is 0.220 e. The largest absolute Gasteiger partial charge is 0.494 e. The number of hydrogen-bond acceptors (Lipinski definition) is 5. The summed E-state index contributed by atoms with van der Waals surface area (Å²) in [6, 6.07) is 7.41. The van der Waals surface area contributed by atoms with Crippen LogP contribution >= 0.6 is 0 Å². The average molecular weight is 405 g/mol. The number of carbonyl (C=O) groups is 2. The standard InChI is InChI=1S/C23H36N2O4/c1-4-18(5-2)21(25-13-15-28-16-14-25)17-24-23(27)12-11-22(26)19-7-9-20(10-8-19)29-6-3/h7-10,18,21H,4-6,11-17H2,1-3H3,(H,24,27). The van der Waals surface area contributed by atoms with Crippen molar-refractivity contribution in [3.05, 3.63) is 29.8 Å². The van der Waals surface area contributed by atoms with Gasteiger partial charge in [0.25, 0.3) is 0 Å². The molecular formula is C23H36N2O4. The summed E-state index contributed by atoms with van der Waals surface area (Å²) in [6.45, 7) is 10.9. The Morgan fingerprint density at radius 2 is 1.72 bits per heavy atom. The molecule has 1 aliphatic rings. The predicted octanol–water partition coefficient (Wildman–Crippen LogP) is 3.30. The number of Topliss-reactive ketones (excluding diaryl/α,β-unsaturated/α-hetero) is 1. The summed E-state index contributed by atoms with van der Waals surface area (Å²) in [4.78, 5) is 27.2. The van der Waals surface area contributed by atoms with Gasteiger partial charge in [-0.25, -0.2) is 0 Å². The van der Waals surface area contributed by atoms with Crippen molar-refractivity contribution in [2.45, 2.75) is 52.5 Å². The average Bonchev–Trinajstić information content (AvgIpc) is 2.76. The molecule has 1 atom stereocenters. The number of ketones is 1. The number of nitrogens with one attached hydrogen (secondary N) is 1. The third kappa shape index (κ3) is 7.44. The van der Waals surface area contributed by atoms with E-state index >= 15 is 0 Å².